The average molecular weight is 171 g/mol. The SMILES string of the molecule is C#CC(C)c1cnc2ccnn2c1. The van der Waals surface area contributed by atoms with E-state index in [1.807, 2.05) is 19.2 Å². The molecule has 2 heterocycles. The lowest BCUT2D eigenvalue weighted by atomic mass is 10.1. The van der Waals surface area contributed by atoms with Gasteiger partial charge in [-0.2, -0.15) is 5.10 Å². The van der Waals surface area contributed by atoms with Gasteiger partial charge in [-0.1, -0.05) is 5.92 Å². The van der Waals surface area contributed by atoms with Gasteiger partial charge in [0.1, 0.15) is 0 Å². The Kier molecular flexibility index (Phi) is 1.75. The van der Waals surface area contributed by atoms with Crippen molar-refractivity contribution >= 4 is 5.65 Å². The molecule has 2 aromatic heterocycles. The van der Waals surface area contributed by atoms with Crippen LogP contribution < -0.4 is 0 Å². The molecule has 0 amide bonds. The molecule has 1 atom stereocenters. The van der Waals surface area contributed by atoms with Crippen molar-refractivity contribution < 1.29 is 0 Å². The fourth-order valence-corrected chi connectivity index (χ4v) is 1.14. The minimum atomic E-state index is 0.0844. The Labute approximate surface area is 76.4 Å². The van der Waals surface area contributed by atoms with Crippen molar-refractivity contribution in [3.8, 4) is 12.3 Å². The monoisotopic (exact) mass is 171 g/mol. The van der Waals surface area contributed by atoms with E-state index in [0.29, 0.717) is 0 Å². The summed E-state index contributed by atoms with van der Waals surface area (Å²) in [6.45, 7) is 1.96. The first kappa shape index (κ1) is 7.81. The van der Waals surface area contributed by atoms with Gasteiger partial charge >= 0.3 is 0 Å². The molecule has 3 heteroatoms. The van der Waals surface area contributed by atoms with Crippen LogP contribution in [0.2, 0.25) is 0 Å². The first-order valence-corrected chi connectivity index (χ1v) is 4.06. The Hall–Kier alpha value is -1.82. The molecule has 0 spiro atoms. The smallest absolute Gasteiger partial charge is 0.154 e. The quantitative estimate of drug-likeness (QED) is 0.608. The van der Waals surface area contributed by atoms with E-state index in [1.165, 1.54) is 0 Å². The van der Waals surface area contributed by atoms with Gasteiger partial charge in [-0.15, -0.1) is 6.42 Å². The third-order valence-corrected chi connectivity index (χ3v) is 2.02. The number of rotatable bonds is 1. The van der Waals surface area contributed by atoms with Crippen LogP contribution in [0.4, 0.5) is 0 Å². The summed E-state index contributed by atoms with van der Waals surface area (Å²) in [5.74, 6) is 2.74. The maximum absolute atomic E-state index is 5.32. The maximum atomic E-state index is 5.32. The highest BCUT2D eigenvalue weighted by atomic mass is 15.2. The molecule has 64 valence electrons. The molecule has 0 aliphatic carbocycles. The van der Waals surface area contributed by atoms with Crippen molar-refractivity contribution in [2.75, 3.05) is 0 Å². The molecule has 0 N–H and O–H groups in total. The van der Waals surface area contributed by atoms with Crippen molar-refractivity contribution in [2.24, 2.45) is 0 Å². The summed E-state index contributed by atoms with van der Waals surface area (Å²) in [5.41, 5.74) is 1.85. The summed E-state index contributed by atoms with van der Waals surface area (Å²) >= 11 is 0. The Morgan fingerprint density at radius 2 is 2.46 bits per heavy atom. The number of hydrogen-bond acceptors (Lipinski definition) is 2. The summed E-state index contributed by atoms with van der Waals surface area (Å²) in [6, 6.07) is 1.85. The summed E-state index contributed by atoms with van der Waals surface area (Å²) < 4.78 is 1.73. The van der Waals surface area contributed by atoms with E-state index in [1.54, 1.807) is 16.9 Å². The Morgan fingerprint density at radius 1 is 1.62 bits per heavy atom. The second-order valence-electron chi connectivity index (χ2n) is 2.91. The predicted molar refractivity (Wildman–Crippen MR) is 50.2 cm³/mol. The fraction of sp³-hybridized carbons (Fsp3) is 0.200. The number of aromatic nitrogens is 3. The number of fused-ring (bicyclic) bond motifs is 1. The second-order valence-corrected chi connectivity index (χ2v) is 2.91. The third-order valence-electron chi connectivity index (χ3n) is 2.02. The van der Waals surface area contributed by atoms with Crippen molar-refractivity contribution in [1.29, 1.82) is 0 Å². The summed E-state index contributed by atoms with van der Waals surface area (Å²) in [7, 11) is 0. The van der Waals surface area contributed by atoms with Crippen LogP contribution in [0.1, 0.15) is 18.4 Å². The molecule has 0 radical (unpaired) electrons. The van der Waals surface area contributed by atoms with Gasteiger partial charge in [0.15, 0.2) is 5.65 Å². The second kappa shape index (κ2) is 2.91. The van der Waals surface area contributed by atoms with Gasteiger partial charge in [-0.25, -0.2) is 9.50 Å². The van der Waals surface area contributed by atoms with Crippen molar-refractivity contribution in [1.82, 2.24) is 14.6 Å². The van der Waals surface area contributed by atoms with E-state index in [9.17, 15) is 0 Å². The Morgan fingerprint density at radius 3 is 3.23 bits per heavy atom. The highest BCUT2D eigenvalue weighted by molar-refractivity contribution is 5.37. The van der Waals surface area contributed by atoms with Gasteiger partial charge in [0, 0.05) is 29.9 Å². The number of hydrogen-bond donors (Lipinski definition) is 0. The molecular weight excluding hydrogens is 162 g/mol. The normalized spacial score (nSPS) is 12.6. The zero-order valence-corrected chi connectivity index (χ0v) is 7.31. The van der Waals surface area contributed by atoms with E-state index >= 15 is 0 Å². The number of nitrogens with zero attached hydrogens (tertiary/aromatic N) is 3. The summed E-state index contributed by atoms with van der Waals surface area (Å²) in [4.78, 5) is 4.22. The first-order valence-electron chi connectivity index (χ1n) is 4.06. The molecule has 1 unspecified atom stereocenters. The molecule has 2 aromatic rings. The zero-order valence-electron chi connectivity index (χ0n) is 7.31. The highest BCUT2D eigenvalue weighted by Crippen LogP contribution is 2.12. The van der Waals surface area contributed by atoms with Crippen molar-refractivity contribution in [3.05, 3.63) is 30.2 Å². The lowest BCUT2D eigenvalue weighted by Crippen LogP contribution is -1.96. The minimum Gasteiger partial charge on any atom is -0.237 e. The van der Waals surface area contributed by atoms with Gasteiger partial charge in [-0.05, 0) is 6.92 Å². The van der Waals surface area contributed by atoms with Gasteiger partial charge in [0.05, 0.1) is 6.20 Å². The first-order chi connectivity index (χ1) is 6.31. The van der Waals surface area contributed by atoms with E-state index < -0.39 is 0 Å². The largest absolute Gasteiger partial charge is 0.237 e. The molecule has 0 aromatic carbocycles. The van der Waals surface area contributed by atoms with Gasteiger partial charge < -0.3 is 0 Å². The third kappa shape index (κ3) is 1.27. The lowest BCUT2D eigenvalue weighted by molar-refractivity contribution is 0.886. The summed E-state index contributed by atoms with van der Waals surface area (Å²) in [6.07, 6.45) is 10.7. The fourth-order valence-electron chi connectivity index (χ4n) is 1.14. The van der Waals surface area contributed by atoms with Crippen molar-refractivity contribution in [2.45, 2.75) is 12.8 Å². The number of terminal acetylenes is 1. The lowest BCUT2D eigenvalue weighted by Gasteiger charge is -2.03. The molecule has 0 aliphatic rings. The average Bonchev–Trinajstić information content (AvgIpc) is 2.63. The van der Waals surface area contributed by atoms with E-state index in [-0.39, 0.29) is 5.92 Å². The van der Waals surface area contributed by atoms with E-state index in [0.717, 1.165) is 11.2 Å². The van der Waals surface area contributed by atoms with E-state index in [4.69, 9.17) is 6.42 Å². The van der Waals surface area contributed by atoms with Gasteiger partial charge in [-0.3, -0.25) is 0 Å². The molecular formula is C10H9N3. The summed E-state index contributed by atoms with van der Waals surface area (Å²) in [5, 5.41) is 4.08. The van der Waals surface area contributed by atoms with Crippen LogP contribution in [0.25, 0.3) is 5.65 Å². The maximum Gasteiger partial charge on any atom is 0.154 e. The molecule has 0 saturated carbocycles. The molecule has 0 fully saturated rings. The Bertz CT molecular complexity index is 464. The van der Waals surface area contributed by atoms with Crippen LogP contribution in [0.5, 0.6) is 0 Å². The van der Waals surface area contributed by atoms with Crippen LogP contribution in [-0.4, -0.2) is 14.6 Å². The van der Waals surface area contributed by atoms with Gasteiger partial charge in [0.25, 0.3) is 0 Å². The topological polar surface area (TPSA) is 30.2 Å². The molecule has 2 rings (SSSR count). The zero-order chi connectivity index (χ0) is 9.26. The van der Waals surface area contributed by atoms with Crippen molar-refractivity contribution in [3.63, 3.8) is 0 Å². The molecule has 0 bridgehead atoms. The van der Waals surface area contributed by atoms with Crippen LogP contribution in [0.3, 0.4) is 0 Å². The Balaban J connectivity index is 2.55. The van der Waals surface area contributed by atoms with E-state index in [2.05, 4.69) is 16.0 Å². The van der Waals surface area contributed by atoms with Crippen LogP contribution in [0, 0.1) is 12.3 Å². The van der Waals surface area contributed by atoms with Crippen LogP contribution in [-0.2, 0) is 0 Å². The molecule has 0 saturated heterocycles. The predicted octanol–water partition coefficient (Wildman–Crippen LogP) is 1.47. The molecule has 13 heavy (non-hydrogen) atoms. The standard InChI is InChI=1S/C10H9N3/c1-3-8(2)9-6-11-10-4-5-12-13(10)7-9/h1,4-8H,2H3. The molecule has 3 nitrogen and oxygen atoms in total. The minimum absolute atomic E-state index is 0.0844. The van der Waals surface area contributed by atoms with Gasteiger partial charge in [0.2, 0.25) is 0 Å². The van der Waals surface area contributed by atoms with Crippen LogP contribution >= 0.6 is 0 Å². The highest BCUT2D eigenvalue weighted by Gasteiger charge is 2.03. The molecule has 0 aliphatic heterocycles. The van der Waals surface area contributed by atoms with Crippen LogP contribution in [0.15, 0.2) is 24.7 Å².